The number of carbonyl (C=O) groups excluding carboxylic acids is 2. The SMILES string of the molecule is CCOC(=O)c1sc(C(=O)OC)c(O)c1O. The number of hydrogen-bond acceptors (Lipinski definition) is 7. The lowest BCUT2D eigenvalue weighted by atomic mass is 10.3. The Kier molecular flexibility index (Phi) is 3.73. The lowest BCUT2D eigenvalue weighted by molar-refractivity contribution is 0.0527. The molecule has 0 saturated carbocycles. The zero-order valence-corrected chi connectivity index (χ0v) is 9.46. The molecule has 1 rings (SSSR count). The van der Waals surface area contributed by atoms with Crippen LogP contribution in [0.1, 0.15) is 26.3 Å². The standard InChI is InChI=1S/C9H10O6S/c1-3-15-9(13)7-5(11)4(10)6(16-7)8(12)14-2/h10-11H,3H2,1-2H3. The van der Waals surface area contributed by atoms with Gasteiger partial charge in [0.2, 0.25) is 0 Å². The molecule has 6 nitrogen and oxygen atoms in total. The number of esters is 2. The summed E-state index contributed by atoms with van der Waals surface area (Å²) < 4.78 is 9.01. The first kappa shape index (κ1) is 12.3. The Balaban J connectivity index is 3.14. The number of thiophene rings is 1. The first-order chi connectivity index (χ1) is 7.52. The van der Waals surface area contributed by atoms with Crippen molar-refractivity contribution in [3.63, 3.8) is 0 Å². The van der Waals surface area contributed by atoms with Crippen molar-refractivity contribution in [3.8, 4) is 11.5 Å². The maximum atomic E-state index is 11.3. The lowest BCUT2D eigenvalue weighted by Crippen LogP contribution is -2.02. The van der Waals surface area contributed by atoms with Crippen LogP contribution in [-0.4, -0.2) is 35.9 Å². The van der Waals surface area contributed by atoms with Crippen molar-refractivity contribution >= 4 is 23.3 Å². The summed E-state index contributed by atoms with van der Waals surface area (Å²) >= 11 is 0.618. The summed E-state index contributed by atoms with van der Waals surface area (Å²) in [5.41, 5.74) is 0. The van der Waals surface area contributed by atoms with Crippen LogP contribution in [0.5, 0.6) is 11.5 Å². The van der Waals surface area contributed by atoms with Crippen molar-refractivity contribution in [1.82, 2.24) is 0 Å². The molecule has 0 spiro atoms. The molecule has 88 valence electrons. The molecule has 7 heteroatoms. The zero-order valence-electron chi connectivity index (χ0n) is 8.64. The molecule has 0 aromatic carbocycles. The van der Waals surface area contributed by atoms with Crippen LogP contribution in [0, 0.1) is 0 Å². The molecule has 0 fully saturated rings. The van der Waals surface area contributed by atoms with Gasteiger partial charge in [0.25, 0.3) is 0 Å². The van der Waals surface area contributed by atoms with E-state index in [1.54, 1.807) is 6.92 Å². The van der Waals surface area contributed by atoms with Crippen LogP contribution in [0.25, 0.3) is 0 Å². The van der Waals surface area contributed by atoms with Crippen LogP contribution in [0.15, 0.2) is 0 Å². The minimum Gasteiger partial charge on any atom is -0.503 e. The third-order valence-corrected chi connectivity index (χ3v) is 2.82. The van der Waals surface area contributed by atoms with E-state index in [2.05, 4.69) is 9.47 Å². The average molecular weight is 246 g/mol. The van der Waals surface area contributed by atoms with Gasteiger partial charge in [-0.2, -0.15) is 0 Å². The van der Waals surface area contributed by atoms with Crippen molar-refractivity contribution in [2.75, 3.05) is 13.7 Å². The molecule has 0 aliphatic heterocycles. The number of rotatable bonds is 3. The Hall–Kier alpha value is -1.76. The third-order valence-electron chi connectivity index (χ3n) is 1.69. The Morgan fingerprint density at radius 2 is 1.69 bits per heavy atom. The van der Waals surface area contributed by atoms with Crippen molar-refractivity contribution in [1.29, 1.82) is 0 Å². The molecule has 0 unspecified atom stereocenters. The van der Waals surface area contributed by atoms with Gasteiger partial charge in [0, 0.05) is 0 Å². The monoisotopic (exact) mass is 246 g/mol. The highest BCUT2D eigenvalue weighted by Crippen LogP contribution is 2.40. The number of ether oxygens (including phenoxy) is 2. The number of hydrogen-bond donors (Lipinski definition) is 2. The van der Waals surface area contributed by atoms with Crippen LogP contribution < -0.4 is 0 Å². The largest absolute Gasteiger partial charge is 0.503 e. The lowest BCUT2D eigenvalue weighted by Gasteiger charge is -1.97. The van der Waals surface area contributed by atoms with E-state index in [4.69, 9.17) is 0 Å². The topological polar surface area (TPSA) is 93.1 Å². The highest BCUT2D eigenvalue weighted by atomic mass is 32.1. The molecule has 1 aromatic rings. The van der Waals surface area contributed by atoms with Crippen LogP contribution in [0.4, 0.5) is 0 Å². The second-order valence-corrected chi connectivity index (χ2v) is 3.69. The molecule has 0 aliphatic carbocycles. The summed E-state index contributed by atoms with van der Waals surface area (Å²) in [5.74, 6) is -2.95. The zero-order chi connectivity index (χ0) is 12.3. The highest BCUT2D eigenvalue weighted by Gasteiger charge is 2.27. The maximum absolute atomic E-state index is 11.3. The third kappa shape index (κ3) is 2.08. The van der Waals surface area contributed by atoms with E-state index in [0.717, 1.165) is 7.11 Å². The fourth-order valence-corrected chi connectivity index (χ4v) is 1.88. The van der Waals surface area contributed by atoms with Crippen molar-refractivity contribution in [2.24, 2.45) is 0 Å². The summed E-state index contributed by atoms with van der Waals surface area (Å²) in [7, 11) is 1.13. The molecule has 0 bridgehead atoms. The van der Waals surface area contributed by atoms with Crippen LogP contribution in [0.2, 0.25) is 0 Å². The summed E-state index contributed by atoms with van der Waals surface area (Å²) in [4.78, 5) is 22.0. The van der Waals surface area contributed by atoms with Gasteiger partial charge in [-0.1, -0.05) is 0 Å². The van der Waals surface area contributed by atoms with Gasteiger partial charge in [0.15, 0.2) is 21.3 Å². The van der Waals surface area contributed by atoms with E-state index in [9.17, 15) is 19.8 Å². The van der Waals surface area contributed by atoms with Gasteiger partial charge in [-0.05, 0) is 6.92 Å². The molecular weight excluding hydrogens is 236 g/mol. The summed E-state index contributed by atoms with van der Waals surface area (Å²) in [6, 6.07) is 0. The van der Waals surface area contributed by atoms with Gasteiger partial charge < -0.3 is 19.7 Å². The van der Waals surface area contributed by atoms with Crippen LogP contribution >= 0.6 is 11.3 Å². The van der Waals surface area contributed by atoms with Crippen molar-refractivity contribution in [3.05, 3.63) is 9.75 Å². The quantitative estimate of drug-likeness (QED) is 0.776. The number of carbonyl (C=O) groups is 2. The van der Waals surface area contributed by atoms with E-state index < -0.39 is 23.4 Å². The molecular formula is C9H10O6S. The first-order valence-electron chi connectivity index (χ1n) is 4.33. The predicted molar refractivity (Wildman–Crippen MR) is 54.9 cm³/mol. The second kappa shape index (κ2) is 4.84. The van der Waals surface area contributed by atoms with Crippen molar-refractivity contribution < 1.29 is 29.3 Å². The second-order valence-electron chi connectivity index (χ2n) is 2.67. The highest BCUT2D eigenvalue weighted by molar-refractivity contribution is 7.16. The van der Waals surface area contributed by atoms with E-state index in [1.807, 2.05) is 0 Å². The Morgan fingerprint density at radius 3 is 2.12 bits per heavy atom. The fraction of sp³-hybridized carbons (Fsp3) is 0.333. The predicted octanol–water partition coefficient (Wildman–Crippen LogP) is 1.12. The first-order valence-corrected chi connectivity index (χ1v) is 5.14. The minimum atomic E-state index is -0.826. The Bertz CT molecular complexity index is 422. The van der Waals surface area contributed by atoms with Gasteiger partial charge in [0.1, 0.15) is 0 Å². The van der Waals surface area contributed by atoms with E-state index >= 15 is 0 Å². The molecule has 1 heterocycles. The molecule has 0 amide bonds. The molecule has 0 radical (unpaired) electrons. The van der Waals surface area contributed by atoms with Gasteiger partial charge >= 0.3 is 11.9 Å². The van der Waals surface area contributed by atoms with Gasteiger partial charge in [-0.25, -0.2) is 9.59 Å². The van der Waals surface area contributed by atoms with E-state index in [-0.39, 0.29) is 16.4 Å². The van der Waals surface area contributed by atoms with E-state index in [0.29, 0.717) is 11.3 Å². The molecule has 0 aliphatic rings. The summed E-state index contributed by atoms with van der Waals surface area (Å²) in [6.07, 6.45) is 0. The maximum Gasteiger partial charge on any atom is 0.352 e. The molecule has 0 saturated heterocycles. The summed E-state index contributed by atoms with van der Waals surface area (Å²) in [5, 5.41) is 18.8. The minimum absolute atomic E-state index is 0.129. The Labute approximate surface area is 95.0 Å². The Morgan fingerprint density at radius 1 is 1.19 bits per heavy atom. The number of methoxy groups -OCH3 is 1. The van der Waals surface area contributed by atoms with Crippen molar-refractivity contribution in [2.45, 2.75) is 6.92 Å². The van der Waals surface area contributed by atoms with E-state index in [1.165, 1.54) is 0 Å². The van der Waals surface area contributed by atoms with Crippen LogP contribution in [-0.2, 0) is 9.47 Å². The normalized spacial score (nSPS) is 9.88. The fourth-order valence-electron chi connectivity index (χ4n) is 0.980. The molecule has 0 atom stereocenters. The smallest absolute Gasteiger partial charge is 0.352 e. The van der Waals surface area contributed by atoms with Gasteiger partial charge in [0.05, 0.1) is 13.7 Å². The molecule has 1 aromatic heterocycles. The van der Waals surface area contributed by atoms with Gasteiger partial charge in [-0.3, -0.25) is 0 Å². The summed E-state index contributed by atoms with van der Waals surface area (Å²) in [6.45, 7) is 1.73. The number of aromatic hydroxyl groups is 2. The van der Waals surface area contributed by atoms with Gasteiger partial charge in [-0.15, -0.1) is 11.3 Å². The molecule has 2 N–H and O–H groups in total. The van der Waals surface area contributed by atoms with Crippen LogP contribution in [0.3, 0.4) is 0 Å². The molecule has 16 heavy (non-hydrogen) atoms. The average Bonchev–Trinajstić information content (AvgIpc) is 2.56.